The molecule has 0 atom stereocenters. The fourth-order valence-electron chi connectivity index (χ4n) is 2.45. The summed E-state index contributed by atoms with van der Waals surface area (Å²) in [5.74, 6) is -1.23. The summed E-state index contributed by atoms with van der Waals surface area (Å²) >= 11 is 3.22. The van der Waals surface area contributed by atoms with E-state index >= 15 is 0 Å². The van der Waals surface area contributed by atoms with Crippen molar-refractivity contribution >= 4 is 46.7 Å². The predicted molar refractivity (Wildman–Crippen MR) is 139 cm³/mol. The number of amides is 3. The van der Waals surface area contributed by atoms with Crippen LogP contribution in [-0.4, -0.2) is 58.4 Å². The van der Waals surface area contributed by atoms with Gasteiger partial charge in [0.2, 0.25) is 5.91 Å². The van der Waals surface area contributed by atoms with E-state index in [0.717, 1.165) is 9.75 Å². The number of carbonyl (C=O) groups is 4. The molecule has 200 valence electrons. The molecule has 0 saturated heterocycles. The van der Waals surface area contributed by atoms with Crippen LogP contribution in [0.2, 0.25) is 0 Å². The molecule has 36 heavy (non-hydrogen) atoms. The number of rotatable bonds is 8. The number of thiophene rings is 2. The van der Waals surface area contributed by atoms with Crippen LogP contribution in [0.25, 0.3) is 0 Å². The monoisotopic (exact) mass is 541 g/mol. The first kappa shape index (κ1) is 30.9. The van der Waals surface area contributed by atoms with Crippen molar-refractivity contribution in [3.05, 3.63) is 44.8 Å². The van der Waals surface area contributed by atoms with E-state index in [1.54, 1.807) is 69.1 Å². The number of carboxylic acids is 1. The Morgan fingerprint density at radius 1 is 0.806 bits per heavy atom. The normalized spacial score (nSPS) is 10.9. The molecule has 12 heteroatoms. The molecule has 0 fully saturated rings. The Kier molecular flexibility index (Phi) is 12.4. The Hall–Kier alpha value is -3.12. The smallest absolute Gasteiger partial charge is 0.408 e. The fraction of sp³-hybridized carbons (Fsp3) is 0.500. The molecule has 2 aromatic rings. The first-order chi connectivity index (χ1) is 16.6. The largest absolute Gasteiger partial charge is 0.480 e. The van der Waals surface area contributed by atoms with Crippen LogP contribution in [0.5, 0.6) is 0 Å². The van der Waals surface area contributed by atoms with Gasteiger partial charge < -0.3 is 30.1 Å². The van der Waals surface area contributed by atoms with Gasteiger partial charge in [0.15, 0.2) is 0 Å². The van der Waals surface area contributed by atoms with Crippen LogP contribution in [0.15, 0.2) is 35.0 Å². The summed E-state index contributed by atoms with van der Waals surface area (Å²) in [5.41, 5.74) is -1.18. The fourth-order valence-corrected chi connectivity index (χ4v) is 3.89. The van der Waals surface area contributed by atoms with Crippen molar-refractivity contribution in [1.29, 1.82) is 0 Å². The van der Waals surface area contributed by atoms with Crippen LogP contribution < -0.4 is 10.6 Å². The molecular weight excluding hydrogens is 506 g/mol. The highest BCUT2D eigenvalue weighted by molar-refractivity contribution is 7.10. The summed E-state index contributed by atoms with van der Waals surface area (Å²) in [6, 6.07) is 7.93. The van der Waals surface area contributed by atoms with Gasteiger partial charge in [0, 0.05) is 9.75 Å². The molecule has 0 aliphatic heterocycles. The van der Waals surface area contributed by atoms with Crippen molar-refractivity contribution in [2.75, 3.05) is 13.1 Å². The zero-order valence-electron chi connectivity index (χ0n) is 21.5. The predicted octanol–water partition coefficient (Wildman–Crippen LogP) is 4.46. The van der Waals surface area contributed by atoms with Crippen molar-refractivity contribution in [2.45, 2.75) is 65.8 Å². The molecule has 0 radical (unpaired) electrons. The van der Waals surface area contributed by atoms with E-state index in [2.05, 4.69) is 10.6 Å². The second kappa shape index (κ2) is 14.4. The average Bonchev–Trinajstić information content (AvgIpc) is 3.42. The minimum absolute atomic E-state index is 0.0777. The maximum atomic E-state index is 12.5. The number of aliphatic carboxylic acids is 1. The highest BCUT2D eigenvalue weighted by atomic mass is 32.1. The van der Waals surface area contributed by atoms with E-state index in [0.29, 0.717) is 13.1 Å². The van der Waals surface area contributed by atoms with Gasteiger partial charge in [-0.05, 0) is 64.4 Å². The lowest BCUT2D eigenvalue weighted by Gasteiger charge is -2.23. The van der Waals surface area contributed by atoms with Crippen LogP contribution in [0.1, 0.15) is 51.3 Å². The molecule has 2 rings (SSSR count). The molecule has 2 heterocycles. The molecule has 0 unspecified atom stereocenters. The summed E-state index contributed by atoms with van der Waals surface area (Å²) in [6.45, 7) is 11.0. The molecule has 3 N–H and O–H groups in total. The van der Waals surface area contributed by atoms with Crippen LogP contribution >= 0.6 is 22.7 Å². The zero-order valence-corrected chi connectivity index (χ0v) is 23.1. The number of alkyl carbamates (subject to hydrolysis) is 2. The third kappa shape index (κ3) is 15.0. The van der Waals surface area contributed by atoms with E-state index in [1.165, 1.54) is 0 Å². The summed E-state index contributed by atoms with van der Waals surface area (Å²) < 4.78 is 9.94. The summed E-state index contributed by atoms with van der Waals surface area (Å²) in [5, 5.41) is 16.8. The number of hydrogen-bond donors (Lipinski definition) is 3. The lowest BCUT2D eigenvalue weighted by atomic mass is 10.2. The Balaban J connectivity index is 0.000000457. The number of carbonyl (C=O) groups excluding carboxylic acids is 3. The van der Waals surface area contributed by atoms with Crippen molar-refractivity contribution in [2.24, 2.45) is 0 Å². The van der Waals surface area contributed by atoms with Crippen molar-refractivity contribution < 1.29 is 33.8 Å². The summed E-state index contributed by atoms with van der Waals surface area (Å²) in [7, 11) is 0. The molecule has 2 aromatic heterocycles. The third-order valence-electron chi connectivity index (χ3n) is 3.77. The van der Waals surface area contributed by atoms with Crippen LogP contribution in [0.3, 0.4) is 0 Å². The number of nitrogens with one attached hydrogen (secondary N) is 2. The highest BCUT2D eigenvalue weighted by Crippen LogP contribution is 2.17. The maximum Gasteiger partial charge on any atom is 0.408 e. The van der Waals surface area contributed by atoms with Gasteiger partial charge in [-0.3, -0.25) is 9.59 Å². The second-order valence-corrected chi connectivity index (χ2v) is 11.6. The molecule has 0 saturated carbocycles. The summed E-state index contributed by atoms with van der Waals surface area (Å²) in [4.78, 5) is 49.0. The van der Waals surface area contributed by atoms with Crippen LogP contribution in [0.4, 0.5) is 9.59 Å². The molecule has 0 aromatic carbocycles. The van der Waals surface area contributed by atoms with Gasteiger partial charge in [-0.25, -0.2) is 9.59 Å². The van der Waals surface area contributed by atoms with Crippen LogP contribution in [0, 0.1) is 0 Å². The minimum atomic E-state index is -1.10. The molecule has 0 spiro atoms. The molecule has 3 amide bonds. The SMILES string of the molecule is CC(C)(C)OC(=O)NCC(=O)N(Cc1cccs1)Cc1cccs1.CC(C)(C)OC(=O)NCC(=O)O. The number of ether oxygens (including phenoxy) is 2. The van der Waals surface area contributed by atoms with E-state index in [9.17, 15) is 19.2 Å². The standard InChI is InChI=1S/C17H22N2O3S2.C7H13NO4/c1-17(2,3)22-16(21)18-10-15(20)19(11-13-6-4-8-23-13)12-14-7-5-9-24-14;1-7(2,3)12-6(11)8-4-5(9)10/h4-9H,10-12H2,1-3H3,(H,18,21);4H2,1-3H3,(H,8,11)(H,9,10). The van der Waals surface area contributed by atoms with Crippen molar-refractivity contribution in [3.63, 3.8) is 0 Å². The van der Waals surface area contributed by atoms with Crippen molar-refractivity contribution in [1.82, 2.24) is 15.5 Å². The van der Waals surface area contributed by atoms with Gasteiger partial charge in [0.05, 0.1) is 13.1 Å². The van der Waals surface area contributed by atoms with Crippen LogP contribution in [-0.2, 0) is 32.2 Å². The molecule has 0 bridgehead atoms. The third-order valence-corrected chi connectivity index (χ3v) is 5.49. The number of hydrogen-bond acceptors (Lipinski definition) is 8. The molecule has 10 nitrogen and oxygen atoms in total. The minimum Gasteiger partial charge on any atom is -0.480 e. The Morgan fingerprint density at radius 2 is 1.22 bits per heavy atom. The lowest BCUT2D eigenvalue weighted by molar-refractivity contribution is -0.136. The van der Waals surface area contributed by atoms with Gasteiger partial charge in [0.1, 0.15) is 24.3 Å². The van der Waals surface area contributed by atoms with E-state index in [1.807, 2.05) is 35.0 Å². The Bertz CT molecular complexity index is 927. The van der Waals surface area contributed by atoms with Gasteiger partial charge in [-0.2, -0.15) is 0 Å². The van der Waals surface area contributed by atoms with Gasteiger partial charge in [0.25, 0.3) is 0 Å². The lowest BCUT2D eigenvalue weighted by Crippen LogP contribution is -2.41. The topological polar surface area (TPSA) is 134 Å². The highest BCUT2D eigenvalue weighted by Gasteiger charge is 2.20. The zero-order chi connectivity index (χ0) is 27.4. The Morgan fingerprint density at radius 3 is 1.56 bits per heavy atom. The van der Waals surface area contributed by atoms with Crippen molar-refractivity contribution in [3.8, 4) is 0 Å². The van der Waals surface area contributed by atoms with E-state index in [-0.39, 0.29) is 12.5 Å². The average molecular weight is 542 g/mol. The first-order valence-electron chi connectivity index (χ1n) is 11.1. The second-order valence-electron chi connectivity index (χ2n) is 9.51. The molecule has 0 aliphatic carbocycles. The first-order valence-corrected chi connectivity index (χ1v) is 12.9. The number of carboxylic acid groups (broad SMARTS) is 1. The van der Waals surface area contributed by atoms with E-state index < -0.39 is 35.9 Å². The van der Waals surface area contributed by atoms with E-state index in [4.69, 9.17) is 14.6 Å². The number of nitrogens with zero attached hydrogens (tertiary/aromatic N) is 1. The summed E-state index contributed by atoms with van der Waals surface area (Å²) in [6.07, 6.45) is -1.30. The van der Waals surface area contributed by atoms with Gasteiger partial charge in [-0.1, -0.05) is 12.1 Å². The Labute approximate surface area is 219 Å². The maximum absolute atomic E-state index is 12.5. The van der Waals surface area contributed by atoms with Gasteiger partial charge in [-0.15, -0.1) is 22.7 Å². The molecular formula is C24H35N3O7S2. The quantitative estimate of drug-likeness (QED) is 0.449. The molecule has 0 aliphatic rings. The van der Waals surface area contributed by atoms with Gasteiger partial charge >= 0.3 is 18.2 Å².